The van der Waals surface area contributed by atoms with E-state index in [1.54, 1.807) is 36.2 Å². The van der Waals surface area contributed by atoms with Crippen LogP contribution in [0, 0.1) is 0 Å². The minimum Gasteiger partial charge on any atom is -0.395 e. The first-order chi connectivity index (χ1) is 11.0. The molecule has 0 aromatic heterocycles. The molecule has 2 rings (SSSR count). The Morgan fingerprint density at radius 3 is 2.35 bits per heavy atom. The van der Waals surface area contributed by atoms with E-state index in [0.29, 0.717) is 10.6 Å². The number of anilines is 1. The number of nitrogens with zero attached hydrogens (tertiary/aromatic N) is 1. The summed E-state index contributed by atoms with van der Waals surface area (Å²) in [5.74, 6) is -0.0864. The first kappa shape index (κ1) is 17.5. The molecule has 0 aliphatic rings. The second-order valence-electron chi connectivity index (χ2n) is 5.52. The van der Waals surface area contributed by atoms with Crippen molar-refractivity contribution in [3.8, 4) is 0 Å². The molecule has 0 saturated carbocycles. The van der Waals surface area contributed by atoms with Crippen LogP contribution in [0.25, 0.3) is 0 Å². The molecule has 0 bridgehead atoms. The molecule has 0 fully saturated rings. The summed E-state index contributed by atoms with van der Waals surface area (Å²) in [5.41, 5.74) is 8.24. The first-order valence-electron chi connectivity index (χ1n) is 7.50. The number of benzene rings is 2. The molecule has 122 valence electrons. The van der Waals surface area contributed by atoms with E-state index in [9.17, 15) is 4.79 Å². The summed E-state index contributed by atoms with van der Waals surface area (Å²) >= 11 is 5.84. The second kappa shape index (κ2) is 8.11. The molecule has 4 nitrogen and oxygen atoms in total. The third-order valence-electron chi connectivity index (χ3n) is 3.76. The van der Waals surface area contributed by atoms with Crippen LogP contribution >= 0.6 is 11.6 Å². The molecule has 2 aromatic carbocycles. The molecule has 0 aliphatic carbocycles. The van der Waals surface area contributed by atoms with Crippen LogP contribution < -0.4 is 10.6 Å². The third kappa shape index (κ3) is 4.79. The topological polar surface area (TPSA) is 66.6 Å². The summed E-state index contributed by atoms with van der Waals surface area (Å²) in [6, 6.07) is 14.4. The molecule has 23 heavy (non-hydrogen) atoms. The standard InChI is InChI=1S/C18H21ClN2O2/c1-21(18(23)14-5-7-15(19)8-6-14)17-10-3-13(4-11-17)2-9-16(20)12-22/h3-8,10-11,16,22H,2,9,12,20H2,1H3. The number of aryl methyl sites for hydroxylation is 1. The third-order valence-corrected chi connectivity index (χ3v) is 4.01. The zero-order valence-corrected chi connectivity index (χ0v) is 13.8. The van der Waals surface area contributed by atoms with Crippen LogP contribution in [0.3, 0.4) is 0 Å². The fraction of sp³-hybridized carbons (Fsp3) is 0.278. The Morgan fingerprint density at radius 2 is 1.78 bits per heavy atom. The molecule has 0 heterocycles. The van der Waals surface area contributed by atoms with Crippen LogP contribution in [0.4, 0.5) is 5.69 Å². The quantitative estimate of drug-likeness (QED) is 0.854. The largest absolute Gasteiger partial charge is 0.395 e. The Kier molecular flexibility index (Phi) is 6.16. The number of hydrogen-bond donors (Lipinski definition) is 2. The van der Waals surface area contributed by atoms with Gasteiger partial charge < -0.3 is 15.7 Å². The summed E-state index contributed by atoms with van der Waals surface area (Å²) in [6.45, 7) is -0.00356. The number of halogens is 1. The zero-order valence-electron chi connectivity index (χ0n) is 13.1. The summed E-state index contributed by atoms with van der Waals surface area (Å²) < 4.78 is 0. The van der Waals surface area contributed by atoms with Crippen LogP contribution in [0.2, 0.25) is 5.02 Å². The fourth-order valence-corrected chi connectivity index (χ4v) is 2.36. The van der Waals surface area contributed by atoms with Gasteiger partial charge in [0.05, 0.1) is 6.61 Å². The average molecular weight is 333 g/mol. The maximum Gasteiger partial charge on any atom is 0.258 e. The van der Waals surface area contributed by atoms with Crippen molar-refractivity contribution in [1.82, 2.24) is 0 Å². The van der Waals surface area contributed by atoms with E-state index in [1.807, 2.05) is 24.3 Å². The lowest BCUT2D eigenvalue weighted by Crippen LogP contribution is -2.26. The fourth-order valence-electron chi connectivity index (χ4n) is 2.23. The second-order valence-corrected chi connectivity index (χ2v) is 5.96. The Morgan fingerprint density at radius 1 is 1.17 bits per heavy atom. The van der Waals surface area contributed by atoms with Gasteiger partial charge in [0.25, 0.3) is 5.91 Å². The number of rotatable bonds is 6. The van der Waals surface area contributed by atoms with Crippen molar-refractivity contribution in [2.24, 2.45) is 5.73 Å². The number of nitrogens with two attached hydrogens (primary N) is 1. The SMILES string of the molecule is CN(C(=O)c1ccc(Cl)cc1)c1ccc(CCC(N)CO)cc1. The Hall–Kier alpha value is -1.88. The molecule has 3 N–H and O–H groups in total. The number of carbonyl (C=O) groups excluding carboxylic acids is 1. The lowest BCUT2D eigenvalue weighted by molar-refractivity contribution is 0.0993. The van der Waals surface area contributed by atoms with Crippen molar-refractivity contribution in [3.05, 3.63) is 64.7 Å². The van der Waals surface area contributed by atoms with Crippen LogP contribution in [0.5, 0.6) is 0 Å². The van der Waals surface area contributed by atoms with Crippen molar-refractivity contribution in [2.45, 2.75) is 18.9 Å². The summed E-state index contributed by atoms with van der Waals surface area (Å²) in [4.78, 5) is 14.0. The van der Waals surface area contributed by atoms with Gasteiger partial charge in [-0.1, -0.05) is 23.7 Å². The predicted molar refractivity (Wildman–Crippen MR) is 94.0 cm³/mol. The predicted octanol–water partition coefficient (Wildman–Crippen LogP) is 2.87. The van der Waals surface area contributed by atoms with Gasteiger partial charge in [-0.2, -0.15) is 0 Å². The summed E-state index contributed by atoms with van der Waals surface area (Å²) in [5, 5.41) is 9.54. The molecule has 0 radical (unpaired) electrons. The molecule has 0 aliphatic heterocycles. The molecule has 2 aromatic rings. The molecule has 1 amide bonds. The van der Waals surface area contributed by atoms with Crippen molar-refractivity contribution in [2.75, 3.05) is 18.6 Å². The van der Waals surface area contributed by atoms with Gasteiger partial charge in [0.1, 0.15) is 0 Å². The van der Waals surface area contributed by atoms with Gasteiger partial charge in [-0.15, -0.1) is 0 Å². The van der Waals surface area contributed by atoms with E-state index in [0.717, 1.165) is 24.1 Å². The molecule has 5 heteroatoms. The van der Waals surface area contributed by atoms with Crippen LogP contribution in [0.15, 0.2) is 48.5 Å². The molecular formula is C18H21ClN2O2. The summed E-state index contributed by atoms with van der Waals surface area (Å²) in [6.07, 6.45) is 1.53. The monoisotopic (exact) mass is 332 g/mol. The maximum absolute atomic E-state index is 12.4. The van der Waals surface area contributed by atoms with Crippen LogP contribution in [0.1, 0.15) is 22.3 Å². The highest BCUT2D eigenvalue weighted by atomic mass is 35.5. The highest BCUT2D eigenvalue weighted by Gasteiger charge is 2.13. The maximum atomic E-state index is 12.4. The Bertz CT molecular complexity index is 641. The summed E-state index contributed by atoms with van der Waals surface area (Å²) in [7, 11) is 1.74. The highest BCUT2D eigenvalue weighted by molar-refractivity contribution is 6.30. The molecule has 0 spiro atoms. The van der Waals surface area contributed by atoms with Gasteiger partial charge in [-0.05, 0) is 54.8 Å². The number of aliphatic hydroxyl groups is 1. The zero-order chi connectivity index (χ0) is 16.8. The molecule has 1 unspecified atom stereocenters. The smallest absolute Gasteiger partial charge is 0.258 e. The van der Waals surface area contributed by atoms with Crippen molar-refractivity contribution in [1.29, 1.82) is 0 Å². The van der Waals surface area contributed by atoms with E-state index in [-0.39, 0.29) is 18.6 Å². The first-order valence-corrected chi connectivity index (χ1v) is 7.88. The van der Waals surface area contributed by atoms with Gasteiger partial charge in [-0.3, -0.25) is 4.79 Å². The minimum atomic E-state index is -0.191. The molecule has 1 atom stereocenters. The van der Waals surface area contributed by atoms with Crippen LogP contribution in [-0.4, -0.2) is 30.7 Å². The van der Waals surface area contributed by atoms with E-state index < -0.39 is 0 Å². The average Bonchev–Trinajstić information content (AvgIpc) is 2.59. The lowest BCUT2D eigenvalue weighted by atomic mass is 10.1. The van der Waals surface area contributed by atoms with Crippen molar-refractivity contribution >= 4 is 23.2 Å². The molecule has 0 saturated heterocycles. The van der Waals surface area contributed by atoms with E-state index >= 15 is 0 Å². The Labute approximate surface area is 141 Å². The number of amides is 1. The Balaban J connectivity index is 2.03. The van der Waals surface area contributed by atoms with Crippen molar-refractivity contribution < 1.29 is 9.90 Å². The van der Waals surface area contributed by atoms with Crippen LogP contribution in [-0.2, 0) is 6.42 Å². The van der Waals surface area contributed by atoms with E-state index in [2.05, 4.69) is 0 Å². The van der Waals surface area contributed by atoms with Gasteiger partial charge in [0.2, 0.25) is 0 Å². The lowest BCUT2D eigenvalue weighted by Gasteiger charge is -2.18. The van der Waals surface area contributed by atoms with Gasteiger partial charge in [0.15, 0.2) is 0 Å². The molecular weight excluding hydrogens is 312 g/mol. The van der Waals surface area contributed by atoms with E-state index in [1.165, 1.54) is 0 Å². The minimum absolute atomic E-state index is 0.00356. The highest BCUT2D eigenvalue weighted by Crippen LogP contribution is 2.18. The normalized spacial score (nSPS) is 12.0. The van der Waals surface area contributed by atoms with Gasteiger partial charge in [-0.25, -0.2) is 0 Å². The number of carbonyl (C=O) groups is 1. The van der Waals surface area contributed by atoms with Gasteiger partial charge in [0, 0.05) is 29.4 Å². The number of aliphatic hydroxyl groups excluding tert-OH is 1. The van der Waals surface area contributed by atoms with E-state index in [4.69, 9.17) is 22.4 Å². The number of hydrogen-bond acceptors (Lipinski definition) is 3. The van der Waals surface area contributed by atoms with Crippen molar-refractivity contribution in [3.63, 3.8) is 0 Å². The van der Waals surface area contributed by atoms with Gasteiger partial charge >= 0.3 is 0 Å².